The van der Waals surface area contributed by atoms with Crippen molar-refractivity contribution in [3.63, 3.8) is 0 Å². The molecule has 0 amide bonds. The van der Waals surface area contributed by atoms with Crippen LogP contribution in [0.15, 0.2) is 0 Å². The molecule has 0 fully saturated rings. The first-order chi connectivity index (χ1) is 7.59. The molecular formula is C10H10ClF3O2Si. The highest BCUT2D eigenvalue weighted by Crippen LogP contribution is 2.25. The van der Waals surface area contributed by atoms with Crippen LogP contribution in [0.25, 0.3) is 0 Å². The number of carboxylic acid groups (broad SMARTS) is 1. The van der Waals surface area contributed by atoms with Crippen molar-refractivity contribution in [3.8, 4) is 0 Å². The van der Waals surface area contributed by atoms with Gasteiger partial charge in [-0.25, -0.2) is 18.0 Å². The Morgan fingerprint density at radius 3 is 1.94 bits per heavy atom. The van der Waals surface area contributed by atoms with Gasteiger partial charge in [0.05, 0.1) is 8.07 Å². The zero-order valence-corrected chi connectivity index (χ0v) is 11.1. The van der Waals surface area contributed by atoms with Gasteiger partial charge in [0.2, 0.25) is 0 Å². The Kier molecular flexibility index (Phi) is 3.59. The average molecular weight is 283 g/mol. The Labute approximate surface area is 102 Å². The Hall–Kier alpha value is -1.01. The lowest BCUT2D eigenvalue weighted by Gasteiger charge is -2.20. The number of hydrogen-bond donors (Lipinski definition) is 1. The van der Waals surface area contributed by atoms with E-state index in [1.165, 1.54) is 0 Å². The molecule has 17 heavy (non-hydrogen) atoms. The number of halogens is 4. The number of rotatable bonds is 2. The number of benzene rings is 1. The summed E-state index contributed by atoms with van der Waals surface area (Å²) in [5, 5.41) is 7.33. The maximum absolute atomic E-state index is 13.8. The van der Waals surface area contributed by atoms with Crippen molar-refractivity contribution in [2.24, 2.45) is 0 Å². The summed E-state index contributed by atoms with van der Waals surface area (Å²) in [4.78, 5) is 10.7. The minimum absolute atomic E-state index is 0.402. The van der Waals surface area contributed by atoms with Gasteiger partial charge in [-0.3, -0.25) is 0 Å². The third kappa shape index (κ3) is 2.32. The van der Waals surface area contributed by atoms with E-state index < -0.39 is 47.3 Å². The van der Waals surface area contributed by atoms with Crippen LogP contribution < -0.4 is 5.19 Å². The van der Waals surface area contributed by atoms with Crippen molar-refractivity contribution in [3.05, 3.63) is 28.0 Å². The Balaban J connectivity index is 3.81. The molecule has 1 aromatic rings. The van der Waals surface area contributed by atoms with Crippen LogP contribution in [0.3, 0.4) is 0 Å². The smallest absolute Gasteiger partial charge is 0.341 e. The highest BCUT2D eigenvalue weighted by atomic mass is 35.5. The first kappa shape index (κ1) is 14.0. The third-order valence-electron chi connectivity index (χ3n) is 2.23. The maximum Gasteiger partial charge on any atom is 0.341 e. The summed E-state index contributed by atoms with van der Waals surface area (Å²) in [7, 11) is -2.52. The standard InChI is InChI=1S/C10H10ClF3O2Si/c1-17(2,3)9-7(13)4(10(15)16)6(12)5(11)8(9)14/h1-3H3,(H,15,16). The van der Waals surface area contributed by atoms with Crippen LogP contribution >= 0.6 is 11.6 Å². The first-order valence-electron chi connectivity index (χ1n) is 4.68. The van der Waals surface area contributed by atoms with Gasteiger partial charge in [0.15, 0.2) is 5.82 Å². The largest absolute Gasteiger partial charge is 0.477 e. The number of hydrogen-bond acceptors (Lipinski definition) is 1. The molecule has 94 valence electrons. The van der Waals surface area contributed by atoms with Crippen molar-refractivity contribution in [1.29, 1.82) is 0 Å². The van der Waals surface area contributed by atoms with Crippen molar-refractivity contribution in [2.45, 2.75) is 19.6 Å². The molecule has 0 atom stereocenters. The van der Waals surface area contributed by atoms with E-state index in [0.717, 1.165) is 0 Å². The molecule has 0 aliphatic heterocycles. The molecule has 0 aromatic heterocycles. The van der Waals surface area contributed by atoms with Gasteiger partial charge in [0.25, 0.3) is 0 Å². The van der Waals surface area contributed by atoms with Crippen LogP contribution in [0.2, 0.25) is 24.7 Å². The van der Waals surface area contributed by atoms with Crippen molar-refractivity contribution in [2.75, 3.05) is 0 Å². The second-order valence-corrected chi connectivity index (χ2v) is 9.94. The fourth-order valence-electron chi connectivity index (χ4n) is 1.48. The molecule has 0 heterocycles. The predicted octanol–water partition coefficient (Wildman–Crippen LogP) is 3.00. The summed E-state index contributed by atoms with van der Waals surface area (Å²) >= 11 is 5.35. The zero-order chi connectivity index (χ0) is 13.5. The van der Waals surface area contributed by atoms with Crippen molar-refractivity contribution >= 4 is 30.8 Å². The van der Waals surface area contributed by atoms with E-state index in [1.54, 1.807) is 19.6 Å². The van der Waals surface area contributed by atoms with Gasteiger partial charge in [-0.1, -0.05) is 31.2 Å². The Morgan fingerprint density at radius 1 is 1.12 bits per heavy atom. The summed E-state index contributed by atoms with van der Waals surface area (Å²) < 4.78 is 40.9. The highest BCUT2D eigenvalue weighted by molar-refractivity contribution is 6.89. The van der Waals surface area contributed by atoms with Crippen LogP contribution in [0, 0.1) is 17.5 Å². The second-order valence-electron chi connectivity index (χ2n) is 4.56. The Morgan fingerprint density at radius 2 is 1.59 bits per heavy atom. The summed E-state index contributed by atoms with van der Waals surface area (Å²) in [6.45, 7) is 4.82. The lowest BCUT2D eigenvalue weighted by Crippen LogP contribution is -2.44. The lowest BCUT2D eigenvalue weighted by molar-refractivity contribution is 0.0686. The maximum atomic E-state index is 13.8. The van der Waals surface area contributed by atoms with Gasteiger partial charge in [0.1, 0.15) is 22.2 Å². The topological polar surface area (TPSA) is 37.3 Å². The van der Waals surface area contributed by atoms with Gasteiger partial charge in [0, 0.05) is 5.19 Å². The normalized spacial score (nSPS) is 11.7. The number of carbonyl (C=O) groups is 1. The van der Waals surface area contributed by atoms with E-state index in [0.29, 0.717) is 0 Å². The molecule has 0 spiro atoms. The molecule has 0 aliphatic carbocycles. The van der Waals surface area contributed by atoms with Gasteiger partial charge < -0.3 is 5.11 Å². The monoisotopic (exact) mass is 282 g/mol. The van der Waals surface area contributed by atoms with E-state index in [-0.39, 0.29) is 0 Å². The molecule has 0 saturated carbocycles. The predicted molar refractivity (Wildman–Crippen MR) is 61.3 cm³/mol. The molecule has 1 rings (SSSR count). The van der Waals surface area contributed by atoms with Gasteiger partial charge in [-0.2, -0.15) is 0 Å². The summed E-state index contributed by atoms with van der Waals surface area (Å²) in [5.41, 5.74) is -1.20. The molecular weight excluding hydrogens is 273 g/mol. The molecule has 0 bridgehead atoms. The van der Waals surface area contributed by atoms with E-state index >= 15 is 0 Å². The van der Waals surface area contributed by atoms with Crippen molar-refractivity contribution in [1.82, 2.24) is 0 Å². The number of carboxylic acids is 1. The fraction of sp³-hybridized carbons (Fsp3) is 0.300. The van der Waals surface area contributed by atoms with Crippen LogP contribution in [0.4, 0.5) is 13.2 Å². The van der Waals surface area contributed by atoms with Gasteiger partial charge in [-0.15, -0.1) is 0 Å². The molecule has 7 heteroatoms. The van der Waals surface area contributed by atoms with E-state index in [1.807, 2.05) is 0 Å². The minimum atomic E-state index is -2.52. The van der Waals surface area contributed by atoms with Crippen LogP contribution in [-0.2, 0) is 0 Å². The van der Waals surface area contributed by atoms with Gasteiger partial charge in [-0.05, 0) is 0 Å². The summed E-state index contributed by atoms with van der Waals surface area (Å²) in [6, 6.07) is 0. The van der Waals surface area contributed by atoms with E-state index in [9.17, 15) is 18.0 Å². The molecule has 1 N–H and O–H groups in total. The average Bonchev–Trinajstić information content (AvgIpc) is 2.11. The number of aromatic carboxylic acids is 1. The summed E-state index contributed by atoms with van der Waals surface area (Å²) in [6.07, 6.45) is 0. The molecule has 2 nitrogen and oxygen atoms in total. The van der Waals surface area contributed by atoms with Gasteiger partial charge >= 0.3 is 5.97 Å². The zero-order valence-electron chi connectivity index (χ0n) is 9.37. The highest BCUT2D eigenvalue weighted by Gasteiger charge is 2.34. The second kappa shape index (κ2) is 4.34. The molecule has 0 aliphatic rings. The Bertz CT molecular complexity index is 498. The third-order valence-corrected chi connectivity index (χ3v) is 4.50. The van der Waals surface area contributed by atoms with Crippen LogP contribution in [0.1, 0.15) is 10.4 Å². The molecule has 1 aromatic carbocycles. The minimum Gasteiger partial charge on any atom is -0.477 e. The van der Waals surface area contributed by atoms with Crippen LogP contribution in [-0.4, -0.2) is 19.1 Å². The van der Waals surface area contributed by atoms with E-state index in [2.05, 4.69) is 0 Å². The SMILES string of the molecule is C[Si](C)(C)c1c(F)c(Cl)c(F)c(C(=O)O)c1F. The summed E-state index contributed by atoms with van der Waals surface area (Å²) in [5.74, 6) is -5.94. The van der Waals surface area contributed by atoms with Crippen molar-refractivity contribution < 1.29 is 23.1 Å². The molecule has 0 radical (unpaired) electrons. The first-order valence-corrected chi connectivity index (χ1v) is 8.56. The van der Waals surface area contributed by atoms with E-state index in [4.69, 9.17) is 16.7 Å². The molecule has 0 saturated heterocycles. The lowest BCUT2D eigenvalue weighted by atomic mass is 10.2. The fourth-order valence-corrected chi connectivity index (χ4v) is 3.31. The molecule has 0 unspecified atom stereocenters. The quantitative estimate of drug-likeness (QED) is 0.514. The van der Waals surface area contributed by atoms with Crippen LogP contribution in [0.5, 0.6) is 0 Å².